The van der Waals surface area contributed by atoms with Gasteiger partial charge in [0.05, 0.1) is 16.8 Å². The molecule has 0 saturated carbocycles. The molecule has 0 atom stereocenters. The zero-order valence-corrected chi connectivity index (χ0v) is 13.6. The standard InChI is InChI=1S/C16H16F3N3O2/c1-8-5-6-11(7-12(8)16(17,18)19)20-15(24)14(23)13-9(2)21-22(4)10(13)3/h5-7H,1-4H3,(H,20,24). The van der Waals surface area contributed by atoms with Crippen LogP contribution < -0.4 is 5.32 Å². The molecule has 1 N–H and O–H groups in total. The Labute approximate surface area is 136 Å². The van der Waals surface area contributed by atoms with Gasteiger partial charge in [0.15, 0.2) is 0 Å². The number of nitrogens with one attached hydrogen (secondary N) is 1. The van der Waals surface area contributed by atoms with Crippen molar-refractivity contribution in [2.75, 3.05) is 5.32 Å². The van der Waals surface area contributed by atoms with Crippen molar-refractivity contribution in [1.29, 1.82) is 0 Å². The highest BCUT2D eigenvalue weighted by Gasteiger charge is 2.33. The summed E-state index contributed by atoms with van der Waals surface area (Å²) >= 11 is 0. The summed E-state index contributed by atoms with van der Waals surface area (Å²) in [7, 11) is 1.63. The van der Waals surface area contributed by atoms with Gasteiger partial charge in [-0.15, -0.1) is 0 Å². The number of Topliss-reactive ketones (excluding diaryl/α,β-unsaturated/α-hetero) is 1. The number of amides is 1. The molecule has 5 nitrogen and oxygen atoms in total. The number of nitrogens with zero attached hydrogens (tertiary/aromatic N) is 2. The normalized spacial score (nSPS) is 11.5. The summed E-state index contributed by atoms with van der Waals surface area (Å²) in [4.78, 5) is 24.4. The number of alkyl halides is 3. The highest BCUT2D eigenvalue weighted by Crippen LogP contribution is 2.33. The van der Waals surface area contributed by atoms with Gasteiger partial charge < -0.3 is 5.32 Å². The number of carbonyl (C=O) groups is 2. The van der Waals surface area contributed by atoms with Crippen molar-refractivity contribution < 1.29 is 22.8 Å². The van der Waals surface area contributed by atoms with E-state index in [0.29, 0.717) is 11.4 Å². The summed E-state index contributed by atoms with van der Waals surface area (Å²) in [6.45, 7) is 4.54. The number of benzene rings is 1. The van der Waals surface area contributed by atoms with Crippen LogP contribution in [0.5, 0.6) is 0 Å². The lowest BCUT2D eigenvalue weighted by Crippen LogP contribution is -2.24. The van der Waals surface area contributed by atoms with Crippen molar-refractivity contribution in [3.8, 4) is 0 Å². The maximum Gasteiger partial charge on any atom is 0.416 e. The highest BCUT2D eigenvalue weighted by molar-refractivity contribution is 6.47. The maximum absolute atomic E-state index is 12.9. The van der Waals surface area contributed by atoms with Crippen LogP contribution in [-0.4, -0.2) is 21.5 Å². The second-order valence-electron chi connectivity index (χ2n) is 5.48. The Morgan fingerprint density at radius 1 is 1.17 bits per heavy atom. The maximum atomic E-state index is 12.9. The molecule has 0 aliphatic carbocycles. The summed E-state index contributed by atoms with van der Waals surface area (Å²) in [6.07, 6.45) is -4.54. The van der Waals surface area contributed by atoms with Crippen molar-refractivity contribution in [1.82, 2.24) is 9.78 Å². The van der Waals surface area contributed by atoms with Crippen LogP contribution in [0.15, 0.2) is 18.2 Å². The average molecular weight is 339 g/mol. The minimum absolute atomic E-state index is 0.0331. The number of hydrogen-bond donors (Lipinski definition) is 1. The van der Waals surface area contributed by atoms with Crippen molar-refractivity contribution >= 4 is 17.4 Å². The van der Waals surface area contributed by atoms with Crippen LogP contribution in [0.25, 0.3) is 0 Å². The minimum atomic E-state index is -4.54. The fraction of sp³-hybridized carbons (Fsp3) is 0.312. The van der Waals surface area contributed by atoms with Gasteiger partial charge in [-0.3, -0.25) is 14.3 Å². The fourth-order valence-electron chi connectivity index (χ4n) is 2.41. The molecular formula is C16H16F3N3O2. The predicted molar refractivity (Wildman–Crippen MR) is 81.8 cm³/mol. The van der Waals surface area contributed by atoms with E-state index in [1.54, 1.807) is 20.9 Å². The summed E-state index contributed by atoms with van der Waals surface area (Å²) in [5.41, 5.74) is 0.124. The third-order valence-corrected chi connectivity index (χ3v) is 3.74. The monoisotopic (exact) mass is 339 g/mol. The topological polar surface area (TPSA) is 64.0 Å². The number of ketones is 1. The van der Waals surface area contributed by atoms with E-state index >= 15 is 0 Å². The van der Waals surface area contributed by atoms with E-state index in [2.05, 4.69) is 10.4 Å². The third-order valence-electron chi connectivity index (χ3n) is 3.74. The van der Waals surface area contributed by atoms with E-state index in [0.717, 1.165) is 6.07 Å². The van der Waals surface area contributed by atoms with Crippen molar-refractivity contribution in [2.45, 2.75) is 26.9 Å². The summed E-state index contributed by atoms with van der Waals surface area (Å²) < 4.78 is 40.2. The Bertz CT molecular complexity index is 823. The van der Waals surface area contributed by atoms with E-state index < -0.39 is 23.4 Å². The average Bonchev–Trinajstić information content (AvgIpc) is 2.72. The quantitative estimate of drug-likeness (QED) is 0.690. The lowest BCUT2D eigenvalue weighted by atomic mass is 10.1. The van der Waals surface area contributed by atoms with Gasteiger partial charge in [0, 0.05) is 18.4 Å². The molecule has 1 heterocycles. The molecule has 0 aliphatic heterocycles. The predicted octanol–water partition coefficient (Wildman–Crippen LogP) is 3.19. The molecule has 128 valence electrons. The molecule has 0 radical (unpaired) electrons. The van der Waals surface area contributed by atoms with Gasteiger partial charge in [0.1, 0.15) is 0 Å². The van der Waals surface area contributed by atoms with Crippen LogP contribution >= 0.6 is 0 Å². The lowest BCUT2D eigenvalue weighted by Gasteiger charge is -2.12. The van der Waals surface area contributed by atoms with Crippen molar-refractivity contribution in [2.24, 2.45) is 7.05 Å². The molecular weight excluding hydrogens is 323 g/mol. The third kappa shape index (κ3) is 3.32. The number of anilines is 1. The van der Waals surface area contributed by atoms with Gasteiger partial charge in [-0.05, 0) is 38.5 Å². The van der Waals surface area contributed by atoms with Crippen molar-refractivity contribution in [3.63, 3.8) is 0 Å². The van der Waals surface area contributed by atoms with Crippen LogP contribution in [0.2, 0.25) is 0 Å². The molecule has 0 aliphatic rings. The number of rotatable bonds is 3. The van der Waals surface area contributed by atoms with Gasteiger partial charge >= 0.3 is 6.18 Å². The van der Waals surface area contributed by atoms with Gasteiger partial charge in [-0.25, -0.2) is 0 Å². The van der Waals surface area contributed by atoms with Gasteiger partial charge in [0.25, 0.3) is 11.7 Å². The Morgan fingerprint density at radius 3 is 2.29 bits per heavy atom. The first kappa shape index (κ1) is 17.7. The Kier molecular flexibility index (Phi) is 4.50. The highest BCUT2D eigenvalue weighted by atomic mass is 19.4. The summed E-state index contributed by atoms with van der Waals surface area (Å²) in [6, 6.07) is 3.37. The minimum Gasteiger partial charge on any atom is -0.319 e. The molecule has 8 heteroatoms. The molecule has 1 aromatic heterocycles. The fourth-order valence-corrected chi connectivity index (χ4v) is 2.41. The molecule has 0 bridgehead atoms. The van der Waals surface area contributed by atoms with Crippen molar-refractivity contribution in [3.05, 3.63) is 46.3 Å². The van der Waals surface area contributed by atoms with E-state index in [1.807, 2.05) is 0 Å². The van der Waals surface area contributed by atoms with Crippen LogP contribution in [0, 0.1) is 20.8 Å². The lowest BCUT2D eigenvalue weighted by molar-refractivity contribution is -0.138. The SMILES string of the molecule is Cc1ccc(NC(=O)C(=O)c2c(C)nn(C)c2C)cc1C(F)(F)F. The van der Waals surface area contributed by atoms with E-state index in [-0.39, 0.29) is 16.8 Å². The summed E-state index contributed by atoms with van der Waals surface area (Å²) in [5.74, 6) is -1.85. The number of aryl methyl sites for hydroxylation is 3. The second kappa shape index (κ2) is 6.10. The molecule has 0 spiro atoms. The molecule has 1 aromatic carbocycles. The molecule has 0 fully saturated rings. The second-order valence-corrected chi connectivity index (χ2v) is 5.48. The van der Waals surface area contributed by atoms with Crippen LogP contribution in [0.3, 0.4) is 0 Å². The molecule has 2 rings (SSSR count). The summed E-state index contributed by atoms with van der Waals surface area (Å²) in [5, 5.41) is 6.26. The van der Waals surface area contributed by atoms with Crippen LogP contribution in [0.4, 0.5) is 18.9 Å². The van der Waals surface area contributed by atoms with E-state index in [9.17, 15) is 22.8 Å². The number of halogens is 3. The smallest absolute Gasteiger partial charge is 0.319 e. The molecule has 0 saturated heterocycles. The number of hydrogen-bond acceptors (Lipinski definition) is 3. The van der Waals surface area contributed by atoms with E-state index in [4.69, 9.17) is 0 Å². The zero-order chi connectivity index (χ0) is 18.2. The first-order valence-corrected chi connectivity index (χ1v) is 7.06. The Balaban J connectivity index is 2.28. The molecule has 1 amide bonds. The largest absolute Gasteiger partial charge is 0.416 e. The molecule has 2 aromatic rings. The molecule has 0 unspecified atom stereocenters. The van der Waals surface area contributed by atoms with Gasteiger partial charge in [0.2, 0.25) is 0 Å². The van der Waals surface area contributed by atoms with Gasteiger partial charge in [-0.1, -0.05) is 6.07 Å². The van der Waals surface area contributed by atoms with Crippen LogP contribution in [0.1, 0.15) is 32.9 Å². The number of aromatic nitrogens is 2. The van der Waals surface area contributed by atoms with Crippen LogP contribution in [-0.2, 0) is 18.0 Å². The number of carbonyl (C=O) groups excluding carboxylic acids is 2. The Hall–Kier alpha value is -2.64. The zero-order valence-electron chi connectivity index (χ0n) is 13.6. The first-order valence-electron chi connectivity index (χ1n) is 7.06. The van der Waals surface area contributed by atoms with E-state index in [1.165, 1.54) is 23.7 Å². The van der Waals surface area contributed by atoms with Gasteiger partial charge in [-0.2, -0.15) is 18.3 Å². The molecule has 24 heavy (non-hydrogen) atoms. The first-order chi connectivity index (χ1) is 11.0. The Morgan fingerprint density at radius 2 is 1.79 bits per heavy atom.